The summed E-state index contributed by atoms with van der Waals surface area (Å²) in [6.45, 7) is 0.701. The van der Waals surface area contributed by atoms with E-state index in [2.05, 4.69) is 15.4 Å². The van der Waals surface area contributed by atoms with Gasteiger partial charge < -0.3 is 14.8 Å². The van der Waals surface area contributed by atoms with Crippen LogP contribution in [0.15, 0.2) is 30.6 Å². The number of nitrogens with zero attached hydrogens (tertiary/aromatic N) is 3. The van der Waals surface area contributed by atoms with Crippen molar-refractivity contribution in [1.29, 1.82) is 0 Å². The number of hydrogen-bond acceptors (Lipinski definition) is 5. The smallest absolute Gasteiger partial charge is 0.350 e. The van der Waals surface area contributed by atoms with Crippen molar-refractivity contribution in [2.45, 2.75) is 49.6 Å². The zero-order valence-corrected chi connectivity index (χ0v) is 23.2. The largest absolute Gasteiger partial charge is 0.435 e. The molecule has 1 aromatic carbocycles. The van der Waals surface area contributed by atoms with Crippen molar-refractivity contribution in [3.05, 3.63) is 62.6 Å². The van der Waals surface area contributed by atoms with Crippen LogP contribution in [-0.4, -0.2) is 58.6 Å². The van der Waals surface area contributed by atoms with Crippen LogP contribution in [0.2, 0.25) is 15.2 Å². The second-order valence-corrected chi connectivity index (χ2v) is 10.7. The van der Waals surface area contributed by atoms with Crippen molar-refractivity contribution < 1.29 is 45.0 Å². The first kappa shape index (κ1) is 30.8. The number of aromatic nitrogens is 3. The van der Waals surface area contributed by atoms with Crippen LogP contribution in [0.5, 0.6) is 0 Å². The van der Waals surface area contributed by atoms with E-state index in [4.69, 9.17) is 44.3 Å². The van der Waals surface area contributed by atoms with Crippen LogP contribution in [0.25, 0.3) is 16.8 Å². The number of carbonyl (C=O) groups is 1. The standard InChI is InChI=1S/C25H18Cl3F7N4O3/c26-16-5-12(23(29,24(30,31)32)25(33,34)35)6-17(27)20(16)39-10-11(9-36-39)14-7-15(22(40)37-13-1-2-13)21(28)38-18(14)8-19-41-3-4-42-19/h5-7,9-10,13,19H,1-4,8H2,(H,37,40). The van der Waals surface area contributed by atoms with Gasteiger partial charge in [-0.2, -0.15) is 31.4 Å². The molecule has 0 bridgehead atoms. The van der Waals surface area contributed by atoms with Gasteiger partial charge in [-0.25, -0.2) is 14.1 Å². The van der Waals surface area contributed by atoms with Gasteiger partial charge in [0.15, 0.2) is 6.29 Å². The lowest BCUT2D eigenvalue weighted by atomic mass is 9.94. The lowest BCUT2D eigenvalue weighted by molar-refractivity contribution is -0.348. The van der Waals surface area contributed by atoms with Crippen molar-refractivity contribution in [1.82, 2.24) is 20.1 Å². The quantitative estimate of drug-likeness (QED) is 0.218. The van der Waals surface area contributed by atoms with Gasteiger partial charge in [0.2, 0.25) is 0 Å². The molecule has 1 aliphatic carbocycles. The third-order valence-corrected chi connectivity index (χ3v) is 7.45. The second kappa shape index (κ2) is 11.1. The molecule has 1 saturated carbocycles. The third-order valence-electron chi connectivity index (χ3n) is 6.58. The molecule has 1 amide bonds. The van der Waals surface area contributed by atoms with E-state index in [0.717, 1.165) is 17.5 Å². The molecule has 3 heterocycles. The Morgan fingerprint density at radius 3 is 2.12 bits per heavy atom. The molecule has 1 N–H and O–H groups in total. The molecular formula is C25H18Cl3F7N4O3. The SMILES string of the molecule is O=C(NC1CC1)c1cc(-c2cnn(-c3c(Cl)cc(C(F)(C(F)(F)F)C(F)(F)F)cc3Cl)c2)c(CC2OCCO2)nc1Cl. The molecule has 2 aliphatic rings. The molecule has 17 heteroatoms. The minimum absolute atomic E-state index is 0.0183. The Labute approximate surface area is 247 Å². The van der Waals surface area contributed by atoms with Gasteiger partial charge in [0, 0.05) is 35.3 Å². The Balaban J connectivity index is 1.56. The minimum atomic E-state index is -6.35. The third kappa shape index (κ3) is 5.79. The topological polar surface area (TPSA) is 78.3 Å². The van der Waals surface area contributed by atoms with E-state index < -0.39 is 45.8 Å². The van der Waals surface area contributed by atoms with Crippen molar-refractivity contribution in [3.63, 3.8) is 0 Å². The van der Waals surface area contributed by atoms with Crippen LogP contribution in [0, 0.1) is 0 Å². The number of halogens is 10. The van der Waals surface area contributed by atoms with Gasteiger partial charge >= 0.3 is 18.0 Å². The first-order valence-corrected chi connectivity index (χ1v) is 13.3. The van der Waals surface area contributed by atoms with Crippen LogP contribution < -0.4 is 5.32 Å². The van der Waals surface area contributed by atoms with Crippen LogP contribution in [0.3, 0.4) is 0 Å². The summed E-state index contributed by atoms with van der Waals surface area (Å²) in [7, 11) is 0. The number of hydrogen-bond donors (Lipinski definition) is 1. The normalized spacial score (nSPS) is 16.7. The summed E-state index contributed by atoms with van der Waals surface area (Å²) in [4.78, 5) is 17.2. The molecule has 1 saturated heterocycles. The Hall–Kier alpha value is -2.65. The van der Waals surface area contributed by atoms with Crippen molar-refractivity contribution in [2.75, 3.05) is 13.2 Å². The van der Waals surface area contributed by atoms with Gasteiger partial charge in [0.1, 0.15) is 10.8 Å². The second-order valence-electron chi connectivity index (χ2n) is 9.56. The minimum Gasteiger partial charge on any atom is -0.350 e. The summed E-state index contributed by atoms with van der Waals surface area (Å²) < 4.78 is 106. The molecule has 7 nitrogen and oxygen atoms in total. The first-order valence-electron chi connectivity index (χ1n) is 12.2. The number of alkyl halides is 7. The highest BCUT2D eigenvalue weighted by Gasteiger charge is 2.73. The Morgan fingerprint density at radius 1 is 0.976 bits per heavy atom. The Morgan fingerprint density at radius 2 is 1.57 bits per heavy atom. The molecule has 0 spiro atoms. The highest BCUT2D eigenvalue weighted by atomic mass is 35.5. The van der Waals surface area contributed by atoms with Crippen molar-refractivity contribution >= 4 is 40.7 Å². The number of pyridine rings is 1. The number of amides is 1. The zero-order chi connectivity index (χ0) is 30.6. The van der Waals surface area contributed by atoms with E-state index in [1.165, 1.54) is 18.5 Å². The van der Waals surface area contributed by atoms with E-state index in [0.29, 0.717) is 30.0 Å². The first-order chi connectivity index (χ1) is 19.6. The molecular weight excluding hydrogens is 644 g/mol. The molecule has 0 radical (unpaired) electrons. The summed E-state index contributed by atoms with van der Waals surface area (Å²) in [5, 5.41) is 5.33. The van der Waals surface area contributed by atoms with Crippen LogP contribution in [0.4, 0.5) is 30.7 Å². The maximum absolute atomic E-state index is 14.6. The fourth-order valence-electron chi connectivity index (χ4n) is 4.32. The molecule has 3 aromatic rings. The lowest BCUT2D eigenvalue weighted by Gasteiger charge is -2.30. The number of rotatable bonds is 7. The van der Waals surface area contributed by atoms with Gasteiger partial charge in [-0.3, -0.25) is 4.79 Å². The van der Waals surface area contributed by atoms with Gasteiger partial charge in [0.25, 0.3) is 5.91 Å². The monoisotopic (exact) mass is 660 g/mol. The van der Waals surface area contributed by atoms with E-state index in [1.54, 1.807) is 0 Å². The van der Waals surface area contributed by atoms with Crippen molar-refractivity contribution in [3.8, 4) is 16.8 Å². The predicted octanol–water partition coefficient (Wildman–Crippen LogP) is 6.99. The average Bonchev–Trinajstić information content (AvgIpc) is 3.31. The Kier molecular flexibility index (Phi) is 8.16. The molecule has 5 rings (SSSR count). The molecule has 42 heavy (non-hydrogen) atoms. The van der Waals surface area contributed by atoms with Gasteiger partial charge in [-0.15, -0.1) is 0 Å². The van der Waals surface area contributed by atoms with E-state index >= 15 is 0 Å². The fourth-order valence-corrected chi connectivity index (χ4v) is 5.22. The molecule has 0 atom stereocenters. The van der Waals surface area contributed by atoms with Crippen LogP contribution >= 0.6 is 34.8 Å². The summed E-state index contributed by atoms with van der Waals surface area (Å²) >= 11 is 18.4. The molecule has 226 valence electrons. The van der Waals surface area contributed by atoms with Crippen molar-refractivity contribution in [2.24, 2.45) is 0 Å². The molecule has 1 aliphatic heterocycles. The maximum atomic E-state index is 14.6. The van der Waals surface area contributed by atoms with E-state index in [9.17, 15) is 35.5 Å². The van der Waals surface area contributed by atoms with Crippen LogP contribution in [-0.2, 0) is 21.6 Å². The number of nitrogens with one attached hydrogen (secondary N) is 1. The highest BCUT2D eigenvalue weighted by Crippen LogP contribution is 2.54. The summed E-state index contributed by atoms with van der Waals surface area (Å²) in [6.07, 6.45) is -9.03. The maximum Gasteiger partial charge on any atom is 0.435 e. The summed E-state index contributed by atoms with van der Waals surface area (Å²) in [6, 6.07) is 1.87. The van der Waals surface area contributed by atoms with Gasteiger partial charge in [0.05, 0.1) is 40.7 Å². The zero-order valence-electron chi connectivity index (χ0n) is 20.9. The number of ether oxygens (including phenoxy) is 2. The van der Waals surface area contributed by atoms with E-state index in [1.807, 2.05) is 0 Å². The van der Waals surface area contributed by atoms with Gasteiger partial charge in [-0.05, 0) is 31.0 Å². The number of benzene rings is 1. The summed E-state index contributed by atoms with van der Waals surface area (Å²) in [5.74, 6) is -0.464. The van der Waals surface area contributed by atoms with E-state index in [-0.39, 0.29) is 41.0 Å². The molecule has 2 fully saturated rings. The average molecular weight is 662 g/mol. The summed E-state index contributed by atoms with van der Waals surface area (Å²) in [5.41, 5.74) is -6.84. The predicted molar refractivity (Wildman–Crippen MR) is 137 cm³/mol. The number of carbonyl (C=O) groups excluding carboxylic acids is 1. The van der Waals surface area contributed by atoms with Crippen LogP contribution in [0.1, 0.15) is 34.5 Å². The van der Waals surface area contributed by atoms with Gasteiger partial charge in [-0.1, -0.05) is 34.8 Å². The molecule has 2 aromatic heterocycles. The lowest BCUT2D eigenvalue weighted by Crippen LogP contribution is -2.50. The Bertz CT molecular complexity index is 1480. The molecule has 0 unspecified atom stereocenters. The highest BCUT2D eigenvalue weighted by molar-refractivity contribution is 6.38. The fraction of sp³-hybridized carbons (Fsp3) is 0.400.